The molecule has 0 bridgehead atoms. The van der Waals surface area contributed by atoms with E-state index in [2.05, 4.69) is 34.9 Å². The quantitative estimate of drug-likeness (QED) is 0.110. The molecule has 54 heavy (non-hydrogen) atoms. The molecule has 0 spiro atoms. The molecule has 0 atom stereocenters. The van der Waals surface area contributed by atoms with Gasteiger partial charge in [0.1, 0.15) is 47.6 Å². The van der Waals surface area contributed by atoms with Crippen LogP contribution >= 0.6 is 0 Å². The SMILES string of the molecule is CCCCc1ccc(CN(c2ccccc2)c2ccc(C(C#N)=C(C#N)C#N)cc2)c(CN(c2ccccc2)c2ccc(C(C#N)=C(C#N)C#N)cc2)c1. The highest BCUT2D eigenvalue weighted by Crippen LogP contribution is 2.34. The molecule has 0 aliphatic heterocycles. The predicted octanol–water partition coefficient (Wildman–Crippen LogP) is 10.4. The summed E-state index contributed by atoms with van der Waals surface area (Å²) in [5.74, 6) is 0. The van der Waals surface area contributed by atoms with Gasteiger partial charge in [0.25, 0.3) is 0 Å². The maximum absolute atomic E-state index is 9.75. The van der Waals surface area contributed by atoms with Crippen molar-refractivity contribution in [3.8, 4) is 36.4 Å². The van der Waals surface area contributed by atoms with Gasteiger partial charge in [-0.2, -0.15) is 31.6 Å². The maximum atomic E-state index is 9.75. The number of rotatable bonds is 13. The van der Waals surface area contributed by atoms with Crippen molar-refractivity contribution in [3.63, 3.8) is 0 Å². The number of para-hydroxylation sites is 2. The lowest BCUT2D eigenvalue weighted by atomic mass is 9.98. The Morgan fingerprint density at radius 1 is 0.463 bits per heavy atom. The van der Waals surface area contributed by atoms with Crippen LogP contribution in [0.4, 0.5) is 22.7 Å². The van der Waals surface area contributed by atoms with Gasteiger partial charge in [0.2, 0.25) is 0 Å². The zero-order valence-electron chi connectivity index (χ0n) is 29.7. The minimum Gasteiger partial charge on any atom is -0.337 e. The van der Waals surface area contributed by atoms with Crippen LogP contribution in [-0.2, 0) is 19.5 Å². The third kappa shape index (κ3) is 8.70. The van der Waals surface area contributed by atoms with Crippen LogP contribution in [0.15, 0.2) is 139 Å². The number of aryl methyl sites for hydroxylation is 1. The van der Waals surface area contributed by atoms with E-state index in [4.69, 9.17) is 0 Å². The van der Waals surface area contributed by atoms with Crippen LogP contribution in [-0.4, -0.2) is 0 Å². The molecule has 5 aromatic carbocycles. The smallest absolute Gasteiger partial charge is 0.148 e. The molecule has 0 fully saturated rings. The number of anilines is 4. The summed E-state index contributed by atoms with van der Waals surface area (Å²) >= 11 is 0. The molecule has 0 unspecified atom stereocenters. The van der Waals surface area contributed by atoms with E-state index in [9.17, 15) is 31.6 Å². The highest BCUT2D eigenvalue weighted by molar-refractivity contribution is 5.86. The molecule has 0 heterocycles. The van der Waals surface area contributed by atoms with Crippen LogP contribution in [0, 0.1) is 68.0 Å². The number of allylic oxidation sites excluding steroid dienone is 4. The van der Waals surface area contributed by atoms with Gasteiger partial charge in [-0.3, -0.25) is 0 Å². The third-order valence-electron chi connectivity index (χ3n) is 8.99. The second-order valence-electron chi connectivity index (χ2n) is 12.3. The Kier molecular flexibility index (Phi) is 12.7. The fraction of sp³-hybridized carbons (Fsp3) is 0.130. The van der Waals surface area contributed by atoms with Crippen LogP contribution < -0.4 is 9.80 Å². The molecule has 0 N–H and O–H groups in total. The van der Waals surface area contributed by atoms with Crippen LogP contribution in [0.25, 0.3) is 11.1 Å². The Balaban J connectivity index is 1.60. The van der Waals surface area contributed by atoms with Gasteiger partial charge in [0, 0.05) is 35.8 Å². The molecule has 8 nitrogen and oxygen atoms in total. The van der Waals surface area contributed by atoms with Crippen molar-refractivity contribution in [2.24, 2.45) is 0 Å². The van der Waals surface area contributed by atoms with Crippen molar-refractivity contribution in [1.29, 1.82) is 31.6 Å². The highest BCUT2D eigenvalue weighted by Gasteiger charge is 2.19. The summed E-state index contributed by atoms with van der Waals surface area (Å²) in [7, 11) is 0. The fourth-order valence-electron chi connectivity index (χ4n) is 6.16. The molecule has 0 aromatic heterocycles. The van der Waals surface area contributed by atoms with E-state index in [0.29, 0.717) is 24.2 Å². The molecular formula is C46H34N8. The van der Waals surface area contributed by atoms with Gasteiger partial charge in [-0.1, -0.05) is 92.2 Å². The van der Waals surface area contributed by atoms with E-state index in [1.54, 1.807) is 24.3 Å². The lowest BCUT2D eigenvalue weighted by Gasteiger charge is -2.30. The molecule has 0 aliphatic rings. The Morgan fingerprint density at radius 2 is 0.870 bits per heavy atom. The minimum absolute atomic E-state index is 0.0345. The zero-order chi connectivity index (χ0) is 38.3. The second-order valence-corrected chi connectivity index (χ2v) is 12.3. The average molecular weight is 699 g/mol. The van der Waals surface area contributed by atoms with Crippen LogP contribution in [0.3, 0.4) is 0 Å². The van der Waals surface area contributed by atoms with Gasteiger partial charge in [-0.05, 0) is 89.2 Å². The highest BCUT2D eigenvalue weighted by atomic mass is 15.1. The standard InChI is InChI=1S/C46H34N8/c1-2-3-10-34-15-16-37(32-53(41-11-6-4-7-12-41)43-21-17-35(18-22-43)45(30-51)39(26-47)27-48)38(25-34)33-54(42-13-8-5-9-14-42)44-23-19-36(20-24-44)46(31-52)40(28-49)29-50/h4-9,11-25H,2-3,10,32-33H2,1H3. The lowest BCUT2D eigenvalue weighted by molar-refractivity contribution is 0.791. The molecule has 5 rings (SSSR count). The molecule has 8 heteroatoms. The van der Waals surface area contributed by atoms with E-state index < -0.39 is 0 Å². The van der Waals surface area contributed by atoms with Gasteiger partial charge in [0.05, 0.1) is 11.1 Å². The van der Waals surface area contributed by atoms with E-state index in [-0.39, 0.29) is 22.3 Å². The van der Waals surface area contributed by atoms with E-state index >= 15 is 0 Å². The van der Waals surface area contributed by atoms with Gasteiger partial charge >= 0.3 is 0 Å². The van der Waals surface area contributed by atoms with Crippen molar-refractivity contribution in [2.45, 2.75) is 39.3 Å². The summed E-state index contributed by atoms with van der Waals surface area (Å²) < 4.78 is 0. The number of hydrogen-bond donors (Lipinski definition) is 0. The fourth-order valence-corrected chi connectivity index (χ4v) is 6.16. The maximum Gasteiger partial charge on any atom is 0.148 e. The molecule has 0 radical (unpaired) electrons. The Morgan fingerprint density at radius 3 is 1.26 bits per heavy atom. The van der Waals surface area contributed by atoms with Crippen molar-refractivity contribution >= 4 is 33.9 Å². The second kappa shape index (κ2) is 18.4. The largest absolute Gasteiger partial charge is 0.337 e. The minimum atomic E-state index is -0.230. The lowest BCUT2D eigenvalue weighted by Crippen LogP contribution is -2.21. The van der Waals surface area contributed by atoms with Crippen LogP contribution in [0.5, 0.6) is 0 Å². The first-order chi connectivity index (χ1) is 26.5. The Bertz CT molecular complexity index is 2390. The third-order valence-corrected chi connectivity index (χ3v) is 8.99. The molecular weight excluding hydrogens is 665 g/mol. The number of hydrogen-bond acceptors (Lipinski definition) is 8. The topological polar surface area (TPSA) is 149 Å². The summed E-state index contributed by atoms with van der Waals surface area (Å²) in [6.07, 6.45) is 3.08. The number of nitriles is 6. The Labute approximate surface area is 316 Å². The summed E-state index contributed by atoms with van der Waals surface area (Å²) in [6.45, 7) is 3.21. The first kappa shape index (κ1) is 37.4. The van der Waals surface area contributed by atoms with Crippen molar-refractivity contribution in [2.75, 3.05) is 9.80 Å². The van der Waals surface area contributed by atoms with Gasteiger partial charge in [0.15, 0.2) is 0 Å². The molecule has 0 amide bonds. The van der Waals surface area contributed by atoms with Crippen LogP contribution in [0.2, 0.25) is 0 Å². The molecule has 0 aliphatic carbocycles. The zero-order valence-corrected chi connectivity index (χ0v) is 29.7. The van der Waals surface area contributed by atoms with Crippen LogP contribution in [0.1, 0.15) is 47.6 Å². The summed E-state index contributed by atoms with van der Waals surface area (Å²) in [5.41, 5.74) is 7.70. The van der Waals surface area contributed by atoms with Gasteiger partial charge < -0.3 is 9.80 Å². The monoisotopic (exact) mass is 698 g/mol. The number of unbranched alkanes of at least 4 members (excludes halogenated alkanes) is 1. The number of nitrogens with zero attached hydrogens (tertiary/aromatic N) is 8. The van der Waals surface area contributed by atoms with E-state index in [1.807, 2.05) is 121 Å². The van der Waals surface area contributed by atoms with Crippen molar-refractivity contribution in [1.82, 2.24) is 0 Å². The van der Waals surface area contributed by atoms with Crippen molar-refractivity contribution < 1.29 is 0 Å². The normalized spacial score (nSPS) is 9.83. The summed E-state index contributed by atoms with van der Waals surface area (Å²) in [4.78, 5) is 4.40. The first-order valence-corrected chi connectivity index (χ1v) is 17.3. The molecule has 5 aromatic rings. The van der Waals surface area contributed by atoms with E-state index in [0.717, 1.165) is 53.1 Å². The van der Waals surface area contributed by atoms with Crippen molar-refractivity contribution in [3.05, 3.63) is 166 Å². The van der Waals surface area contributed by atoms with E-state index in [1.165, 1.54) is 5.56 Å². The summed E-state index contributed by atoms with van der Waals surface area (Å²) in [5, 5.41) is 57.1. The van der Waals surface area contributed by atoms with Gasteiger partial charge in [-0.15, -0.1) is 0 Å². The first-order valence-electron chi connectivity index (χ1n) is 17.3. The predicted molar refractivity (Wildman–Crippen MR) is 210 cm³/mol. The van der Waals surface area contributed by atoms with Gasteiger partial charge in [-0.25, -0.2) is 0 Å². The molecule has 258 valence electrons. The molecule has 0 saturated carbocycles. The number of benzene rings is 5. The average Bonchev–Trinajstić information content (AvgIpc) is 3.23. The summed E-state index contributed by atoms with van der Waals surface area (Å²) in [6, 6.07) is 52.7. The Hall–Kier alpha value is -7.88. The molecule has 0 saturated heterocycles.